The number of ether oxygens (including phenoxy) is 3. The van der Waals surface area contributed by atoms with Crippen LogP contribution in [0.5, 0.6) is 5.88 Å². The van der Waals surface area contributed by atoms with Crippen LogP contribution in [-0.4, -0.2) is 68.5 Å². The van der Waals surface area contributed by atoms with Crippen LogP contribution in [0.2, 0.25) is 0 Å². The Morgan fingerprint density at radius 2 is 2.11 bits per heavy atom. The molecule has 0 amide bonds. The van der Waals surface area contributed by atoms with E-state index in [0.29, 0.717) is 25.1 Å². The van der Waals surface area contributed by atoms with E-state index in [1.807, 2.05) is 19.1 Å². The van der Waals surface area contributed by atoms with Gasteiger partial charge in [0.1, 0.15) is 0 Å². The summed E-state index contributed by atoms with van der Waals surface area (Å²) in [5.41, 5.74) is 1.10. The summed E-state index contributed by atoms with van der Waals surface area (Å²) in [6.45, 7) is 9.59. The Morgan fingerprint density at radius 3 is 2.81 bits per heavy atom. The number of hydrogen-bond donors (Lipinski definition) is 1. The molecule has 2 rings (SSSR count). The van der Waals surface area contributed by atoms with Gasteiger partial charge in [-0.05, 0) is 44.7 Å². The Bertz CT molecular complexity index is 560. The molecule has 7 heteroatoms. The predicted molar refractivity (Wildman–Crippen MR) is 107 cm³/mol. The monoisotopic (exact) mass is 378 g/mol. The van der Waals surface area contributed by atoms with Gasteiger partial charge in [-0.2, -0.15) is 0 Å². The third-order valence-electron chi connectivity index (χ3n) is 4.43. The summed E-state index contributed by atoms with van der Waals surface area (Å²) in [5, 5.41) is 3.41. The van der Waals surface area contributed by atoms with E-state index in [1.54, 1.807) is 13.3 Å². The van der Waals surface area contributed by atoms with Crippen LogP contribution in [0.1, 0.15) is 38.7 Å². The molecule has 0 bridgehead atoms. The number of methoxy groups -OCH3 is 1. The number of rotatable bonds is 10. The van der Waals surface area contributed by atoms with E-state index in [2.05, 4.69) is 22.1 Å². The second-order valence-corrected chi connectivity index (χ2v) is 6.51. The quantitative estimate of drug-likeness (QED) is 0.383. The lowest BCUT2D eigenvalue weighted by Gasteiger charge is -2.34. The Labute approximate surface area is 163 Å². The first-order valence-electron chi connectivity index (χ1n) is 9.98. The molecule has 0 saturated carbocycles. The molecule has 0 unspecified atom stereocenters. The van der Waals surface area contributed by atoms with E-state index in [-0.39, 0.29) is 0 Å². The summed E-state index contributed by atoms with van der Waals surface area (Å²) in [4.78, 5) is 11.3. The molecule has 0 radical (unpaired) electrons. The first-order valence-corrected chi connectivity index (χ1v) is 9.98. The molecule has 1 aliphatic rings. The van der Waals surface area contributed by atoms with Gasteiger partial charge in [0.05, 0.1) is 19.3 Å². The second-order valence-electron chi connectivity index (χ2n) is 6.51. The van der Waals surface area contributed by atoms with Gasteiger partial charge in [0.2, 0.25) is 5.88 Å². The van der Waals surface area contributed by atoms with Gasteiger partial charge in [0, 0.05) is 52.2 Å². The van der Waals surface area contributed by atoms with Crippen LogP contribution in [-0.2, 0) is 16.0 Å². The highest BCUT2D eigenvalue weighted by molar-refractivity contribution is 5.80. The number of guanidine groups is 1. The highest BCUT2D eigenvalue weighted by atomic mass is 16.5. The van der Waals surface area contributed by atoms with Gasteiger partial charge in [-0.15, -0.1) is 0 Å². The van der Waals surface area contributed by atoms with Crippen molar-refractivity contribution >= 4 is 5.96 Å². The molecule has 0 spiro atoms. The summed E-state index contributed by atoms with van der Waals surface area (Å²) in [6, 6.07) is 3.94. The normalized spacial score (nSPS) is 15.8. The van der Waals surface area contributed by atoms with E-state index in [0.717, 1.165) is 63.6 Å². The molecule has 2 heterocycles. The average molecular weight is 379 g/mol. The van der Waals surface area contributed by atoms with Crippen LogP contribution in [0.25, 0.3) is 0 Å². The van der Waals surface area contributed by atoms with Crippen molar-refractivity contribution in [3.8, 4) is 5.88 Å². The molecule has 1 aromatic rings. The Hall–Kier alpha value is -1.86. The summed E-state index contributed by atoms with van der Waals surface area (Å²) < 4.78 is 16.5. The maximum absolute atomic E-state index is 5.95. The molecule has 0 atom stereocenters. The maximum atomic E-state index is 5.95. The van der Waals surface area contributed by atoms with Crippen LogP contribution >= 0.6 is 0 Å². The second kappa shape index (κ2) is 12.5. The van der Waals surface area contributed by atoms with Crippen LogP contribution in [0.3, 0.4) is 0 Å². The lowest BCUT2D eigenvalue weighted by Crippen LogP contribution is -2.47. The summed E-state index contributed by atoms with van der Waals surface area (Å²) >= 11 is 0. The fraction of sp³-hybridized carbons (Fsp3) is 0.700. The molecule has 27 heavy (non-hydrogen) atoms. The number of pyridine rings is 1. The number of likely N-dealkylation sites (tertiary alicyclic amines) is 1. The van der Waals surface area contributed by atoms with Crippen molar-refractivity contribution in [2.24, 2.45) is 4.99 Å². The minimum absolute atomic E-state index is 0.343. The van der Waals surface area contributed by atoms with Crippen molar-refractivity contribution in [2.75, 3.05) is 46.6 Å². The van der Waals surface area contributed by atoms with Gasteiger partial charge in [-0.3, -0.25) is 0 Å². The third kappa shape index (κ3) is 7.72. The molecule has 1 aromatic heterocycles. The van der Waals surface area contributed by atoms with E-state index < -0.39 is 0 Å². The molecule has 1 N–H and O–H groups in total. The summed E-state index contributed by atoms with van der Waals surface area (Å²) in [5.74, 6) is 1.62. The largest absolute Gasteiger partial charge is 0.478 e. The van der Waals surface area contributed by atoms with Crippen molar-refractivity contribution in [1.82, 2.24) is 15.2 Å². The number of aliphatic imine (C=N–C) groups is 1. The zero-order valence-corrected chi connectivity index (χ0v) is 16.9. The molecule has 1 saturated heterocycles. The lowest BCUT2D eigenvalue weighted by molar-refractivity contribution is 0.00990. The lowest BCUT2D eigenvalue weighted by atomic mass is 10.1. The van der Waals surface area contributed by atoms with E-state index >= 15 is 0 Å². The number of piperidine rings is 1. The molecular weight excluding hydrogens is 344 g/mol. The van der Waals surface area contributed by atoms with Gasteiger partial charge < -0.3 is 24.4 Å². The predicted octanol–water partition coefficient (Wildman–Crippen LogP) is 2.46. The summed E-state index contributed by atoms with van der Waals surface area (Å²) in [6.07, 6.45) is 5.13. The minimum atomic E-state index is 0.343. The van der Waals surface area contributed by atoms with Crippen molar-refractivity contribution in [2.45, 2.75) is 45.8 Å². The van der Waals surface area contributed by atoms with Gasteiger partial charge in [0.15, 0.2) is 5.96 Å². The third-order valence-corrected chi connectivity index (χ3v) is 4.43. The first-order chi connectivity index (χ1) is 13.3. The number of nitrogens with zero attached hydrogens (tertiary/aromatic N) is 3. The minimum Gasteiger partial charge on any atom is -0.478 e. The Kier molecular flexibility index (Phi) is 9.94. The molecule has 1 aliphatic heterocycles. The fourth-order valence-corrected chi connectivity index (χ4v) is 3.06. The molecule has 0 aliphatic carbocycles. The van der Waals surface area contributed by atoms with Crippen LogP contribution in [0, 0.1) is 0 Å². The zero-order valence-electron chi connectivity index (χ0n) is 16.9. The number of aromatic nitrogens is 1. The number of nitrogens with one attached hydrogen (secondary N) is 1. The summed E-state index contributed by atoms with van der Waals surface area (Å²) in [7, 11) is 1.73. The standard InChI is InChI=1S/C20H34N4O3/c1-4-21-20(23-16-17-7-10-22-19(15-17)26-5-2)24-11-8-18(9-12-24)27-14-6-13-25-3/h7,10,15,18H,4-6,8-9,11-14,16H2,1-3H3,(H,21,23). The molecular formula is C20H34N4O3. The molecule has 0 aromatic carbocycles. The van der Waals surface area contributed by atoms with Crippen LogP contribution < -0.4 is 10.1 Å². The van der Waals surface area contributed by atoms with E-state index in [1.165, 1.54) is 0 Å². The van der Waals surface area contributed by atoms with Crippen molar-refractivity contribution in [1.29, 1.82) is 0 Å². The molecule has 1 fully saturated rings. The molecule has 7 nitrogen and oxygen atoms in total. The van der Waals surface area contributed by atoms with Crippen LogP contribution in [0.4, 0.5) is 0 Å². The SMILES string of the molecule is CCNC(=NCc1ccnc(OCC)c1)N1CCC(OCCCOC)CC1. The van der Waals surface area contributed by atoms with Crippen molar-refractivity contribution in [3.63, 3.8) is 0 Å². The topological polar surface area (TPSA) is 68.2 Å². The van der Waals surface area contributed by atoms with Gasteiger partial charge >= 0.3 is 0 Å². The first kappa shape index (κ1) is 21.4. The Morgan fingerprint density at radius 1 is 1.30 bits per heavy atom. The van der Waals surface area contributed by atoms with Crippen molar-refractivity contribution in [3.05, 3.63) is 23.9 Å². The van der Waals surface area contributed by atoms with E-state index in [4.69, 9.17) is 19.2 Å². The van der Waals surface area contributed by atoms with E-state index in [9.17, 15) is 0 Å². The Balaban J connectivity index is 1.86. The zero-order chi connectivity index (χ0) is 19.3. The van der Waals surface area contributed by atoms with Gasteiger partial charge in [-0.25, -0.2) is 9.98 Å². The highest BCUT2D eigenvalue weighted by Gasteiger charge is 2.21. The highest BCUT2D eigenvalue weighted by Crippen LogP contribution is 2.15. The van der Waals surface area contributed by atoms with Crippen molar-refractivity contribution < 1.29 is 14.2 Å². The number of hydrogen-bond acceptors (Lipinski definition) is 5. The average Bonchev–Trinajstić information content (AvgIpc) is 2.70. The maximum Gasteiger partial charge on any atom is 0.213 e. The van der Waals surface area contributed by atoms with Gasteiger partial charge in [-0.1, -0.05) is 0 Å². The molecule has 152 valence electrons. The fourth-order valence-electron chi connectivity index (χ4n) is 3.06. The smallest absolute Gasteiger partial charge is 0.213 e. The van der Waals surface area contributed by atoms with Crippen LogP contribution in [0.15, 0.2) is 23.3 Å². The van der Waals surface area contributed by atoms with Gasteiger partial charge in [0.25, 0.3) is 0 Å².